The molecule has 0 saturated carbocycles. The molecule has 0 heterocycles. The number of rotatable bonds is 53. The lowest BCUT2D eigenvalue weighted by molar-refractivity contribution is -0.122. The smallest absolute Gasteiger partial charge is 0.220 e. The summed E-state index contributed by atoms with van der Waals surface area (Å²) in [4.78, 5) is 36.1. The van der Waals surface area contributed by atoms with Gasteiger partial charge >= 0.3 is 0 Å². The van der Waals surface area contributed by atoms with Crippen molar-refractivity contribution in [2.75, 3.05) is 165 Å². The second-order valence-electron chi connectivity index (χ2n) is 16.3. The molecule has 0 rings (SSSR count). The van der Waals surface area contributed by atoms with E-state index in [9.17, 15) is 34.8 Å². The Morgan fingerprint density at radius 3 is 1.01 bits per heavy atom. The third kappa shape index (κ3) is 40.5. The van der Waals surface area contributed by atoms with Crippen LogP contribution in [0.5, 0.6) is 0 Å². The van der Waals surface area contributed by atoms with E-state index >= 15 is 0 Å². The summed E-state index contributed by atoms with van der Waals surface area (Å²) in [5.41, 5.74) is -0.815. The van der Waals surface area contributed by atoms with Gasteiger partial charge in [0, 0.05) is 71.8 Å². The summed E-state index contributed by atoms with van der Waals surface area (Å²) >= 11 is 0. The van der Waals surface area contributed by atoms with Crippen LogP contribution in [0.3, 0.4) is 0 Å². The first-order valence-electron chi connectivity index (χ1n) is 24.3. The van der Waals surface area contributed by atoms with Gasteiger partial charge in [0.1, 0.15) is 18.3 Å². The molecule has 23 heteroatoms. The molecule has 0 aliphatic rings. The molecule has 23 nitrogen and oxygen atoms in total. The van der Waals surface area contributed by atoms with Crippen LogP contribution in [0.15, 0.2) is 0 Å². The van der Waals surface area contributed by atoms with Gasteiger partial charge in [-0.2, -0.15) is 0 Å². The number of ether oxygens (including phenoxy) is 8. The number of hydrogen-bond donors (Lipinski definition) is 12. The van der Waals surface area contributed by atoms with E-state index in [1.54, 1.807) is 0 Å². The molecule has 68 heavy (non-hydrogen) atoms. The van der Waals surface area contributed by atoms with Crippen LogP contribution in [0, 0.1) is 5.41 Å². The van der Waals surface area contributed by atoms with Crippen LogP contribution in [0.25, 0.3) is 0 Å². The summed E-state index contributed by atoms with van der Waals surface area (Å²) in [6.45, 7) is 4.37. The molecular formula is C45H90N4O19. The summed E-state index contributed by atoms with van der Waals surface area (Å²) in [5.74, 6) is -0.217. The van der Waals surface area contributed by atoms with Gasteiger partial charge < -0.3 is 100 Å². The van der Waals surface area contributed by atoms with Crippen LogP contribution < -0.4 is 21.3 Å². The Balaban J connectivity index is 5.27. The number of amides is 3. The maximum absolute atomic E-state index is 12.0. The monoisotopic (exact) mass is 991 g/mol. The molecule has 0 spiro atoms. The van der Waals surface area contributed by atoms with Gasteiger partial charge in [-0.15, -0.1) is 0 Å². The fourth-order valence-electron chi connectivity index (χ4n) is 6.14. The van der Waals surface area contributed by atoms with E-state index < -0.39 is 36.4 Å². The van der Waals surface area contributed by atoms with Gasteiger partial charge in [0.2, 0.25) is 17.7 Å². The predicted molar refractivity (Wildman–Crippen MR) is 249 cm³/mol. The van der Waals surface area contributed by atoms with Crippen LogP contribution in [0.2, 0.25) is 0 Å². The quantitative estimate of drug-likeness (QED) is 0.0273. The minimum atomic E-state index is -1.72. The molecule has 0 saturated heterocycles. The summed E-state index contributed by atoms with van der Waals surface area (Å²) in [5, 5.41) is 86.4. The molecule has 0 aromatic heterocycles. The lowest BCUT2D eigenvalue weighted by Crippen LogP contribution is -2.49. The van der Waals surface area contributed by atoms with Gasteiger partial charge in [0.05, 0.1) is 124 Å². The molecule has 12 N–H and O–H groups in total. The molecule has 0 radical (unpaired) electrons. The number of hydrogen-bond acceptors (Lipinski definition) is 20. The maximum atomic E-state index is 12.0. The Kier molecular flexibility index (Phi) is 46.7. The van der Waals surface area contributed by atoms with Gasteiger partial charge in [0.25, 0.3) is 0 Å². The number of unbranched alkanes of at least 4 members (excludes halogenated alkanes) is 6. The van der Waals surface area contributed by atoms with E-state index in [2.05, 4.69) is 21.3 Å². The van der Waals surface area contributed by atoms with E-state index in [0.29, 0.717) is 104 Å². The Hall–Kier alpha value is -2.27. The highest BCUT2D eigenvalue weighted by atomic mass is 16.6. The number of carbonyl (C=O) groups is 3. The van der Waals surface area contributed by atoms with Crippen LogP contribution in [0.4, 0.5) is 0 Å². The SMILES string of the molecule is O=C(CCCCCO)NCCOCCOCC(COCCOCCNC[C@H](O)[C@@H](O)[C@@H](O)[C@@H](O)CO)(COCCOCCNC(=O)CCCCCO)COCCOCCNC(=O)CCCCCO. The van der Waals surface area contributed by atoms with E-state index in [-0.39, 0.29) is 130 Å². The van der Waals surface area contributed by atoms with E-state index in [1.165, 1.54) is 0 Å². The molecule has 0 fully saturated rings. The number of aliphatic hydroxyl groups is 8. The minimum Gasteiger partial charge on any atom is -0.396 e. The zero-order valence-corrected chi connectivity index (χ0v) is 40.5. The highest BCUT2D eigenvalue weighted by Gasteiger charge is 2.33. The van der Waals surface area contributed by atoms with Crippen molar-refractivity contribution in [3.05, 3.63) is 0 Å². The highest BCUT2D eigenvalue weighted by Crippen LogP contribution is 2.21. The van der Waals surface area contributed by atoms with E-state index in [4.69, 9.17) is 58.3 Å². The Labute approximate surface area is 403 Å². The van der Waals surface area contributed by atoms with Gasteiger partial charge in [-0.05, 0) is 38.5 Å². The minimum absolute atomic E-state index is 0.0722. The molecule has 0 unspecified atom stereocenters. The summed E-state index contributed by atoms with van der Waals surface area (Å²) in [7, 11) is 0. The third-order valence-corrected chi connectivity index (χ3v) is 10.1. The third-order valence-electron chi connectivity index (χ3n) is 10.1. The number of aliphatic hydroxyl groups excluding tert-OH is 8. The van der Waals surface area contributed by atoms with Crippen molar-refractivity contribution in [2.45, 2.75) is 101 Å². The van der Waals surface area contributed by atoms with Crippen LogP contribution >= 0.6 is 0 Å². The fourth-order valence-corrected chi connectivity index (χ4v) is 6.14. The molecule has 3 amide bonds. The van der Waals surface area contributed by atoms with Crippen molar-refractivity contribution in [1.82, 2.24) is 21.3 Å². The lowest BCUT2D eigenvalue weighted by Gasteiger charge is -2.33. The van der Waals surface area contributed by atoms with Crippen LogP contribution in [-0.2, 0) is 52.3 Å². The Bertz CT molecular complexity index is 1060. The molecule has 404 valence electrons. The van der Waals surface area contributed by atoms with Crippen molar-refractivity contribution in [2.24, 2.45) is 5.41 Å². The Morgan fingerprint density at radius 1 is 0.382 bits per heavy atom. The van der Waals surface area contributed by atoms with Crippen molar-refractivity contribution in [3.63, 3.8) is 0 Å². The molecule has 0 aliphatic heterocycles. The zero-order chi connectivity index (χ0) is 50.2. The number of nitrogens with one attached hydrogen (secondary N) is 4. The van der Waals surface area contributed by atoms with Gasteiger partial charge in [-0.1, -0.05) is 19.3 Å². The zero-order valence-electron chi connectivity index (χ0n) is 40.5. The average molecular weight is 991 g/mol. The van der Waals surface area contributed by atoms with Crippen molar-refractivity contribution >= 4 is 17.7 Å². The first-order valence-corrected chi connectivity index (χ1v) is 24.3. The normalized spacial score (nSPS) is 13.6. The highest BCUT2D eigenvalue weighted by molar-refractivity contribution is 5.76. The molecule has 4 atom stereocenters. The summed E-state index contributed by atoms with van der Waals surface area (Å²) in [6, 6.07) is 0. The van der Waals surface area contributed by atoms with Gasteiger partial charge in [-0.25, -0.2) is 0 Å². The van der Waals surface area contributed by atoms with Crippen molar-refractivity contribution < 1.29 is 93.1 Å². The summed E-state index contributed by atoms with van der Waals surface area (Å²) < 4.78 is 47.0. The molecule has 0 aliphatic carbocycles. The standard InChI is InChI=1S/C45H90N4O19/c50-17-7-1-4-10-40(56)47-14-21-62-25-29-66-35-45(36-67-30-26-63-22-15-48-41(57)11-5-2-8-18-51,37-68-31-27-64-23-16-49-42(58)12-6-3-9-19-52)34-65-28-24-61-20-13-46-32-38(54)43(59)44(60)39(55)33-53/h38-39,43-44,46,50-55,59-60H,1-37H2,(H,47,56)(H,48,57)(H,49,58)/t38-,39-,43+,44-/m0/s1. The molecule has 0 aromatic carbocycles. The topological polar surface area (TPSA) is 335 Å². The van der Waals surface area contributed by atoms with Crippen LogP contribution in [0.1, 0.15) is 77.0 Å². The van der Waals surface area contributed by atoms with Gasteiger partial charge in [0.15, 0.2) is 0 Å². The van der Waals surface area contributed by atoms with Crippen molar-refractivity contribution in [1.29, 1.82) is 0 Å². The second kappa shape index (κ2) is 48.4. The van der Waals surface area contributed by atoms with Crippen molar-refractivity contribution in [3.8, 4) is 0 Å². The maximum Gasteiger partial charge on any atom is 0.220 e. The fraction of sp³-hybridized carbons (Fsp3) is 0.933. The number of carbonyl (C=O) groups excluding carboxylic acids is 3. The lowest BCUT2D eigenvalue weighted by atomic mass is 9.92. The first-order chi connectivity index (χ1) is 33.1. The van der Waals surface area contributed by atoms with E-state index in [1.807, 2.05) is 0 Å². The molecule has 0 bridgehead atoms. The molecular weight excluding hydrogens is 901 g/mol. The average Bonchev–Trinajstić information content (AvgIpc) is 3.34. The van der Waals surface area contributed by atoms with Gasteiger partial charge in [-0.3, -0.25) is 14.4 Å². The first kappa shape index (κ1) is 65.7. The molecule has 0 aromatic rings. The predicted octanol–water partition coefficient (Wildman–Crippen LogP) is -2.86. The summed E-state index contributed by atoms with van der Waals surface area (Å²) in [6.07, 6.45) is 1.27. The second-order valence-corrected chi connectivity index (χ2v) is 16.3. The van der Waals surface area contributed by atoms with Crippen LogP contribution in [-0.4, -0.2) is 248 Å². The largest absolute Gasteiger partial charge is 0.396 e. The van der Waals surface area contributed by atoms with E-state index in [0.717, 1.165) is 19.3 Å². The Morgan fingerprint density at radius 2 is 0.691 bits per heavy atom.